The van der Waals surface area contributed by atoms with Gasteiger partial charge in [0.1, 0.15) is 11.6 Å². The van der Waals surface area contributed by atoms with Crippen LogP contribution in [0, 0.1) is 12.8 Å². The van der Waals surface area contributed by atoms with Crippen LogP contribution in [0.5, 0.6) is 5.75 Å². The summed E-state index contributed by atoms with van der Waals surface area (Å²) < 4.78 is 9.19. The molecule has 3 amide bonds. The molecule has 3 N–H and O–H groups in total. The molecule has 342 valence electrons. The largest absolute Gasteiger partial charge is 0.493 e. The Morgan fingerprint density at radius 3 is 2.57 bits per heavy atom. The first-order valence-corrected chi connectivity index (χ1v) is 23.9. The average Bonchev–Trinajstić information content (AvgIpc) is 3.90. The number of hydrogen-bond donors (Lipinski definition) is 3. The molecule has 14 nitrogen and oxygen atoms in total. The highest BCUT2D eigenvalue weighted by Gasteiger charge is 2.32. The van der Waals surface area contributed by atoms with Crippen molar-refractivity contribution in [1.82, 2.24) is 30.0 Å². The monoisotopic (exact) mass is 916 g/mol. The molecule has 3 aliphatic heterocycles. The number of carboxylic acid groups (broad SMARTS) is 1. The number of carbonyl (C=O) groups is 4. The number of rotatable bonds is 13. The normalized spacial score (nSPS) is 16.9. The molecule has 15 heteroatoms. The number of amides is 3. The smallest absolute Gasteiger partial charge is 0.355 e. The maximum atomic E-state index is 13.6. The van der Waals surface area contributed by atoms with Crippen molar-refractivity contribution in [3.8, 4) is 16.9 Å². The summed E-state index contributed by atoms with van der Waals surface area (Å²) in [4.78, 5) is 64.6. The number of hydrogen-bond acceptors (Lipinski definition) is 11. The molecule has 1 atom stereocenters. The third-order valence-electron chi connectivity index (χ3n) is 13.7. The van der Waals surface area contributed by atoms with E-state index in [0.717, 1.165) is 100 Å². The zero-order valence-corrected chi connectivity index (χ0v) is 38.4. The molecule has 0 bridgehead atoms. The number of fused-ring (bicyclic) bond motifs is 3. The molecule has 0 aliphatic carbocycles. The first-order chi connectivity index (χ1) is 32.6. The predicted molar refractivity (Wildman–Crippen MR) is 259 cm³/mol. The lowest BCUT2D eigenvalue weighted by molar-refractivity contribution is -0.134. The Labute approximate surface area is 392 Å². The van der Waals surface area contributed by atoms with Gasteiger partial charge in [0.05, 0.1) is 34.0 Å². The van der Waals surface area contributed by atoms with E-state index in [1.54, 1.807) is 0 Å². The van der Waals surface area contributed by atoms with Gasteiger partial charge in [-0.05, 0) is 135 Å². The quantitative estimate of drug-likeness (QED) is 0.0747. The molecule has 2 fully saturated rings. The van der Waals surface area contributed by atoms with E-state index >= 15 is 0 Å². The Kier molecular flexibility index (Phi) is 12.3. The number of anilines is 2. The molecule has 0 radical (unpaired) electrons. The fourth-order valence-corrected chi connectivity index (χ4v) is 10.9. The summed E-state index contributed by atoms with van der Waals surface area (Å²) in [5, 5.41) is 22.1. The van der Waals surface area contributed by atoms with Crippen LogP contribution in [0.3, 0.4) is 0 Å². The Hall–Kier alpha value is -6.97. The minimum Gasteiger partial charge on any atom is -0.493 e. The van der Waals surface area contributed by atoms with Gasteiger partial charge in [0.15, 0.2) is 10.8 Å². The maximum Gasteiger partial charge on any atom is 0.355 e. The number of para-hydroxylation sites is 1. The number of nitrogens with one attached hydrogen (secondary N) is 2. The van der Waals surface area contributed by atoms with Crippen LogP contribution < -0.4 is 20.3 Å². The van der Waals surface area contributed by atoms with Gasteiger partial charge in [-0.3, -0.25) is 34.6 Å². The molecule has 1 unspecified atom stereocenters. The van der Waals surface area contributed by atoms with E-state index in [1.165, 1.54) is 16.9 Å². The number of ether oxygens (including phenoxy) is 1. The summed E-state index contributed by atoms with van der Waals surface area (Å²) in [6, 6.07) is 29.4. The number of aryl methyl sites for hydroxylation is 1. The first kappa shape index (κ1) is 43.9. The second-order valence-electron chi connectivity index (χ2n) is 17.9. The molecule has 4 aromatic carbocycles. The number of nitrogens with zero attached hydrogens (tertiary/aromatic N) is 6. The molecule has 0 spiro atoms. The summed E-state index contributed by atoms with van der Waals surface area (Å²) >= 11 is 1.43. The lowest BCUT2D eigenvalue weighted by Crippen LogP contribution is -2.39. The van der Waals surface area contributed by atoms with Crippen molar-refractivity contribution in [2.45, 2.75) is 70.9 Å². The number of thiazole rings is 1. The fraction of sp³-hybridized carbons (Fsp3) is 0.327. The van der Waals surface area contributed by atoms with E-state index in [4.69, 9.17) is 14.8 Å². The second-order valence-corrected chi connectivity index (χ2v) is 19.0. The van der Waals surface area contributed by atoms with E-state index in [-0.39, 0.29) is 23.4 Å². The van der Waals surface area contributed by atoms with Gasteiger partial charge in [-0.2, -0.15) is 5.10 Å². The van der Waals surface area contributed by atoms with Gasteiger partial charge in [0.2, 0.25) is 11.8 Å². The van der Waals surface area contributed by atoms with Gasteiger partial charge in [-0.15, -0.1) is 0 Å². The van der Waals surface area contributed by atoms with Gasteiger partial charge >= 0.3 is 5.97 Å². The van der Waals surface area contributed by atoms with Crippen LogP contribution in [0.25, 0.3) is 32.2 Å². The summed E-state index contributed by atoms with van der Waals surface area (Å²) in [6.07, 6.45) is 5.72. The van der Waals surface area contributed by atoms with Gasteiger partial charge in [-0.1, -0.05) is 59.9 Å². The van der Waals surface area contributed by atoms with E-state index in [9.17, 15) is 24.3 Å². The van der Waals surface area contributed by atoms with E-state index in [1.807, 2.05) is 96.3 Å². The Morgan fingerprint density at radius 2 is 1.75 bits per heavy atom. The van der Waals surface area contributed by atoms with Crippen LogP contribution in [-0.4, -0.2) is 79.7 Å². The zero-order valence-electron chi connectivity index (χ0n) is 37.6. The van der Waals surface area contributed by atoms with E-state index < -0.39 is 11.9 Å². The van der Waals surface area contributed by atoms with Gasteiger partial charge in [-0.25, -0.2) is 14.8 Å². The standard InChI is InChI=1S/C52H52N8O6S/c1-31-35(36-17-19-45(54-48(36)51(64)65)60-26-23-34-9-5-11-37(40(34)30-60)49(62)56-52-53-41-12-3-4-14-44(41)67-52)10-6-13-43(31)66-27-7-8-32-21-24-59(25-22-32)29-33-15-16-38-42(28-33)58(2)57-47(38)39-18-20-46(61)55-50(39)63/h3-6,9-17,19,28,32,39H,7-8,18,20-27,29-30H2,1-2H3,(H,64,65)(H,53,56,62)(H,55,61,63). The highest BCUT2D eigenvalue weighted by molar-refractivity contribution is 7.22. The number of aromatic nitrogens is 4. The Morgan fingerprint density at radius 1 is 0.910 bits per heavy atom. The number of carboxylic acids is 1. The van der Waals surface area contributed by atoms with E-state index in [2.05, 4.69) is 38.7 Å². The van der Waals surface area contributed by atoms with Crippen LogP contribution in [-0.2, 0) is 36.1 Å². The van der Waals surface area contributed by atoms with Crippen LogP contribution >= 0.6 is 11.3 Å². The molecule has 67 heavy (non-hydrogen) atoms. The van der Waals surface area contributed by atoms with Gasteiger partial charge < -0.3 is 14.7 Å². The SMILES string of the molecule is Cc1c(OCCCC2CCN(Cc3ccc4c(C5CCC(=O)NC5=O)nn(C)c4c3)CC2)cccc1-c1ccc(N2CCc3cccc(C(=O)Nc4nc5ccccc5s4)c3C2)nc1C(=O)O. The minimum absolute atomic E-state index is 0.0341. The van der Waals surface area contributed by atoms with Crippen LogP contribution in [0.4, 0.5) is 10.9 Å². The first-order valence-electron chi connectivity index (χ1n) is 23.1. The van der Waals surface area contributed by atoms with Gasteiger partial charge in [0, 0.05) is 49.6 Å². The van der Waals surface area contributed by atoms with Crippen molar-refractivity contribution >= 4 is 67.1 Å². The molecule has 3 aliphatic rings. The zero-order chi connectivity index (χ0) is 46.2. The van der Waals surface area contributed by atoms with Gasteiger partial charge in [0.25, 0.3) is 5.91 Å². The molecule has 2 saturated heterocycles. The fourth-order valence-electron chi connectivity index (χ4n) is 10.0. The second kappa shape index (κ2) is 18.7. The molecule has 10 rings (SSSR count). The number of piperidine rings is 2. The number of benzene rings is 4. The maximum absolute atomic E-state index is 13.6. The summed E-state index contributed by atoms with van der Waals surface area (Å²) in [5.41, 5.74) is 8.42. The Balaban J connectivity index is 0.735. The predicted octanol–water partition coefficient (Wildman–Crippen LogP) is 8.66. The number of aromatic carboxylic acids is 1. The third kappa shape index (κ3) is 9.13. The van der Waals surface area contributed by atoms with Crippen molar-refractivity contribution in [3.05, 3.63) is 130 Å². The molecular weight excluding hydrogens is 865 g/mol. The minimum atomic E-state index is -1.11. The Bertz CT molecular complexity index is 3030. The molecular formula is C52H52N8O6S. The lowest BCUT2D eigenvalue weighted by atomic mass is 9.91. The molecule has 6 heterocycles. The van der Waals surface area contributed by atoms with Crippen molar-refractivity contribution in [2.75, 3.05) is 36.5 Å². The average molecular weight is 917 g/mol. The number of carbonyl (C=O) groups excluding carboxylic acids is 3. The molecule has 7 aromatic rings. The topological polar surface area (TPSA) is 172 Å². The lowest BCUT2D eigenvalue weighted by Gasteiger charge is -2.32. The van der Waals surface area contributed by atoms with Crippen molar-refractivity contribution in [3.63, 3.8) is 0 Å². The molecule has 3 aromatic heterocycles. The summed E-state index contributed by atoms with van der Waals surface area (Å²) in [7, 11) is 1.91. The molecule has 0 saturated carbocycles. The van der Waals surface area contributed by atoms with Crippen LogP contribution in [0.1, 0.15) is 93.2 Å². The van der Waals surface area contributed by atoms with Crippen molar-refractivity contribution in [1.29, 1.82) is 0 Å². The number of pyridine rings is 1. The summed E-state index contributed by atoms with van der Waals surface area (Å²) in [6.45, 7) is 6.46. The number of imide groups is 1. The van der Waals surface area contributed by atoms with Crippen molar-refractivity contribution in [2.24, 2.45) is 13.0 Å². The van der Waals surface area contributed by atoms with Crippen LogP contribution in [0.2, 0.25) is 0 Å². The van der Waals surface area contributed by atoms with Crippen LogP contribution in [0.15, 0.2) is 91.0 Å². The van der Waals surface area contributed by atoms with Crippen molar-refractivity contribution < 1.29 is 29.0 Å². The highest BCUT2D eigenvalue weighted by Crippen LogP contribution is 2.36. The number of likely N-dealkylation sites (tertiary alicyclic amines) is 1. The third-order valence-corrected chi connectivity index (χ3v) is 14.6. The highest BCUT2D eigenvalue weighted by atomic mass is 32.1. The summed E-state index contributed by atoms with van der Waals surface area (Å²) in [5.74, 6) is -0.368. The van der Waals surface area contributed by atoms with E-state index in [0.29, 0.717) is 67.0 Å².